The number of rotatable bonds is 5. The number of fused-ring (bicyclic) bond motifs is 1. The molecule has 0 saturated carbocycles. The molecule has 30 heavy (non-hydrogen) atoms. The van der Waals surface area contributed by atoms with E-state index in [0.717, 1.165) is 5.56 Å². The predicted molar refractivity (Wildman–Crippen MR) is 105 cm³/mol. The van der Waals surface area contributed by atoms with Crippen molar-refractivity contribution >= 4 is 28.8 Å². The molecule has 8 heteroatoms. The summed E-state index contributed by atoms with van der Waals surface area (Å²) in [5, 5.41) is 1.17. The Labute approximate surface area is 170 Å². The summed E-state index contributed by atoms with van der Waals surface area (Å²) in [6.45, 7) is 1.42. The molecule has 1 saturated heterocycles. The monoisotopic (exact) mass is 407 g/mol. The SMILES string of the molecule is CC(Oc1ccc2c(-c3ccccc3)cc(=O)oc2c1)C(=O)ON1C(=O)CCC1=O. The molecule has 8 nitrogen and oxygen atoms in total. The number of benzene rings is 2. The molecule has 1 unspecified atom stereocenters. The van der Waals surface area contributed by atoms with Crippen LogP contribution in [0.1, 0.15) is 19.8 Å². The number of hydrogen-bond acceptors (Lipinski definition) is 7. The van der Waals surface area contributed by atoms with E-state index in [1.54, 1.807) is 12.1 Å². The average molecular weight is 407 g/mol. The Kier molecular flexibility index (Phi) is 5.05. The van der Waals surface area contributed by atoms with E-state index in [1.165, 1.54) is 19.1 Å². The van der Waals surface area contributed by atoms with Crippen LogP contribution < -0.4 is 10.4 Å². The third kappa shape index (κ3) is 3.80. The van der Waals surface area contributed by atoms with E-state index in [0.29, 0.717) is 21.6 Å². The van der Waals surface area contributed by atoms with Crippen molar-refractivity contribution in [2.24, 2.45) is 0 Å². The number of hydroxylamine groups is 2. The quantitative estimate of drug-likeness (QED) is 0.473. The normalized spacial score (nSPS) is 14.8. The van der Waals surface area contributed by atoms with Gasteiger partial charge in [-0.3, -0.25) is 9.59 Å². The predicted octanol–water partition coefficient (Wildman–Crippen LogP) is 2.83. The Hall–Kier alpha value is -3.94. The zero-order valence-electron chi connectivity index (χ0n) is 16.0. The molecule has 4 rings (SSSR count). The molecule has 1 fully saturated rings. The molecule has 0 aliphatic carbocycles. The topological polar surface area (TPSA) is 103 Å². The largest absolute Gasteiger partial charge is 0.479 e. The number of imide groups is 1. The number of carbonyl (C=O) groups excluding carboxylic acids is 3. The summed E-state index contributed by atoms with van der Waals surface area (Å²) in [6, 6.07) is 15.7. The zero-order chi connectivity index (χ0) is 21.3. The van der Waals surface area contributed by atoms with Crippen molar-refractivity contribution in [2.45, 2.75) is 25.9 Å². The summed E-state index contributed by atoms with van der Waals surface area (Å²) < 4.78 is 10.9. The number of carbonyl (C=O) groups is 3. The maximum absolute atomic E-state index is 12.2. The van der Waals surface area contributed by atoms with Gasteiger partial charge < -0.3 is 14.0 Å². The van der Waals surface area contributed by atoms with Gasteiger partial charge in [-0.2, -0.15) is 0 Å². The Bertz CT molecular complexity index is 1180. The van der Waals surface area contributed by atoms with E-state index in [2.05, 4.69) is 0 Å². The van der Waals surface area contributed by atoms with Crippen molar-refractivity contribution in [2.75, 3.05) is 0 Å². The summed E-state index contributed by atoms with van der Waals surface area (Å²) in [7, 11) is 0. The number of ether oxygens (including phenoxy) is 1. The molecule has 0 radical (unpaired) electrons. The molecular weight excluding hydrogens is 390 g/mol. The van der Waals surface area contributed by atoms with Crippen molar-refractivity contribution in [3.63, 3.8) is 0 Å². The maximum Gasteiger partial charge on any atom is 0.372 e. The van der Waals surface area contributed by atoms with E-state index < -0.39 is 29.5 Å². The summed E-state index contributed by atoms with van der Waals surface area (Å²) in [5.41, 5.74) is 1.36. The van der Waals surface area contributed by atoms with Crippen LogP contribution in [0.15, 0.2) is 63.8 Å². The highest BCUT2D eigenvalue weighted by Gasteiger charge is 2.34. The molecule has 152 valence electrons. The fraction of sp³-hybridized carbons (Fsp3) is 0.182. The van der Waals surface area contributed by atoms with Gasteiger partial charge in [0.25, 0.3) is 11.8 Å². The van der Waals surface area contributed by atoms with Crippen LogP contribution in [0.25, 0.3) is 22.1 Å². The first-order chi connectivity index (χ1) is 14.4. The lowest BCUT2D eigenvalue weighted by atomic mass is 10.0. The van der Waals surface area contributed by atoms with Crippen LogP contribution in [-0.2, 0) is 19.2 Å². The van der Waals surface area contributed by atoms with Gasteiger partial charge in [0, 0.05) is 30.4 Å². The van der Waals surface area contributed by atoms with Gasteiger partial charge in [0.2, 0.25) is 0 Å². The summed E-state index contributed by atoms with van der Waals surface area (Å²) in [4.78, 5) is 52.2. The molecular formula is C22H17NO7. The van der Waals surface area contributed by atoms with Crippen molar-refractivity contribution in [3.05, 3.63) is 65.0 Å². The van der Waals surface area contributed by atoms with E-state index in [4.69, 9.17) is 14.0 Å². The molecule has 0 bridgehead atoms. The van der Waals surface area contributed by atoms with Crippen molar-refractivity contribution in [1.29, 1.82) is 0 Å². The zero-order valence-corrected chi connectivity index (χ0v) is 16.0. The van der Waals surface area contributed by atoms with Crippen LogP contribution in [0.2, 0.25) is 0 Å². The number of amides is 2. The highest BCUT2D eigenvalue weighted by Crippen LogP contribution is 2.30. The Morgan fingerprint density at radius 1 is 1.00 bits per heavy atom. The van der Waals surface area contributed by atoms with E-state index in [9.17, 15) is 19.2 Å². The van der Waals surface area contributed by atoms with Gasteiger partial charge in [-0.1, -0.05) is 30.3 Å². The molecule has 3 aromatic rings. The molecule has 1 aliphatic rings. The van der Waals surface area contributed by atoms with Crippen LogP contribution >= 0.6 is 0 Å². The third-order valence-corrected chi connectivity index (χ3v) is 4.63. The van der Waals surface area contributed by atoms with Crippen molar-refractivity contribution in [1.82, 2.24) is 5.06 Å². The minimum absolute atomic E-state index is 0.00874. The maximum atomic E-state index is 12.2. The van der Waals surface area contributed by atoms with Gasteiger partial charge in [0.15, 0.2) is 6.10 Å². The lowest BCUT2D eigenvalue weighted by Crippen LogP contribution is -2.37. The molecule has 0 spiro atoms. The van der Waals surface area contributed by atoms with Crippen LogP contribution in [-0.4, -0.2) is 29.0 Å². The van der Waals surface area contributed by atoms with Crippen LogP contribution in [0.4, 0.5) is 0 Å². The van der Waals surface area contributed by atoms with E-state index >= 15 is 0 Å². The number of hydrogen-bond donors (Lipinski definition) is 0. The molecule has 2 heterocycles. The first-order valence-electron chi connectivity index (χ1n) is 9.30. The van der Waals surface area contributed by atoms with Gasteiger partial charge in [-0.25, -0.2) is 9.59 Å². The van der Waals surface area contributed by atoms with Crippen LogP contribution in [0.3, 0.4) is 0 Å². The first kappa shape index (κ1) is 19.4. The summed E-state index contributed by atoms with van der Waals surface area (Å²) >= 11 is 0. The molecule has 2 amide bonds. The van der Waals surface area contributed by atoms with E-state index in [-0.39, 0.29) is 18.6 Å². The van der Waals surface area contributed by atoms with Gasteiger partial charge in [-0.05, 0) is 30.2 Å². The minimum atomic E-state index is -1.10. The van der Waals surface area contributed by atoms with E-state index in [1.807, 2.05) is 30.3 Å². The standard InChI is InChI=1S/C22H17NO7/c1-13(22(27)30-23-19(24)9-10-20(23)25)28-15-7-8-16-17(14-5-3-2-4-6-14)12-21(26)29-18(16)11-15/h2-8,11-13H,9-10H2,1H3. The first-order valence-corrected chi connectivity index (χ1v) is 9.30. The molecule has 1 atom stereocenters. The van der Waals surface area contributed by atoms with Crippen LogP contribution in [0.5, 0.6) is 5.75 Å². The minimum Gasteiger partial charge on any atom is -0.479 e. The van der Waals surface area contributed by atoms with Gasteiger partial charge in [0.05, 0.1) is 0 Å². The van der Waals surface area contributed by atoms with Crippen molar-refractivity contribution in [3.8, 4) is 16.9 Å². The summed E-state index contributed by atoms with van der Waals surface area (Å²) in [5.74, 6) is -1.76. The van der Waals surface area contributed by atoms with Crippen molar-refractivity contribution < 1.29 is 28.4 Å². The molecule has 0 N–H and O–H groups in total. The highest BCUT2D eigenvalue weighted by atomic mass is 16.7. The molecule has 1 aromatic heterocycles. The second-order valence-corrected chi connectivity index (χ2v) is 6.76. The Morgan fingerprint density at radius 3 is 2.40 bits per heavy atom. The highest BCUT2D eigenvalue weighted by molar-refractivity contribution is 6.01. The summed E-state index contributed by atoms with van der Waals surface area (Å²) in [6.07, 6.45) is -1.09. The van der Waals surface area contributed by atoms with Gasteiger partial charge in [0.1, 0.15) is 11.3 Å². The molecule has 2 aromatic carbocycles. The lowest BCUT2D eigenvalue weighted by molar-refractivity contribution is -0.201. The Balaban J connectivity index is 1.56. The Morgan fingerprint density at radius 2 is 1.70 bits per heavy atom. The second kappa shape index (κ2) is 7.82. The van der Waals surface area contributed by atoms with Gasteiger partial charge >= 0.3 is 11.6 Å². The average Bonchev–Trinajstić information content (AvgIpc) is 3.05. The van der Waals surface area contributed by atoms with Crippen LogP contribution in [0, 0.1) is 0 Å². The third-order valence-electron chi connectivity index (χ3n) is 4.63. The fourth-order valence-corrected chi connectivity index (χ4v) is 3.15. The lowest BCUT2D eigenvalue weighted by Gasteiger charge is -2.17. The smallest absolute Gasteiger partial charge is 0.372 e. The molecule has 1 aliphatic heterocycles. The number of nitrogens with zero attached hydrogens (tertiary/aromatic N) is 1. The van der Waals surface area contributed by atoms with Gasteiger partial charge in [-0.15, -0.1) is 5.06 Å². The second-order valence-electron chi connectivity index (χ2n) is 6.76. The fourth-order valence-electron chi connectivity index (χ4n) is 3.15.